The predicted molar refractivity (Wildman–Crippen MR) is 70.7 cm³/mol. The highest BCUT2D eigenvalue weighted by Crippen LogP contribution is 2.20. The summed E-state index contributed by atoms with van der Waals surface area (Å²) in [4.78, 5) is 2.44. The summed E-state index contributed by atoms with van der Waals surface area (Å²) < 4.78 is 0. The van der Waals surface area contributed by atoms with Gasteiger partial charge in [-0.2, -0.15) is 0 Å². The van der Waals surface area contributed by atoms with Gasteiger partial charge in [0.2, 0.25) is 0 Å². The zero-order valence-corrected chi connectivity index (χ0v) is 10.3. The van der Waals surface area contributed by atoms with Crippen LogP contribution in [0.4, 0.5) is 5.69 Å². The van der Waals surface area contributed by atoms with Crippen LogP contribution in [0, 0.1) is 0 Å². The van der Waals surface area contributed by atoms with Crippen molar-refractivity contribution in [3.05, 3.63) is 29.8 Å². The highest BCUT2D eigenvalue weighted by atomic mass is 16.3. The van der Waals surface area contributed by atoms with Crippen molar-refractivity contribution in [2.45, 2.75) is 31.8 Å². The molecule has 1 atom stereocenters. The number of benzene rings is 1. The maximum atomic E-state index is 10.1. The zero-order valence-electron chi connectivity index (χ0n) is 10.3. The van der Waals surface area contributed by atoms with E-state index in [2.05, 4.69) is 4.90 Å². The van der Waals surface area contributed by atoms with Gasteiger partial charge in [0.15, 0.2) is 0 Å². The van der Waals surface area contributed by atoms with E-state index >= 15 is 0 Å². The number of anilines is 1. The molecule has 1 fully saturated rings. The summed E-state index contributed by atoms with van der Waals surface area (Å²) in [6.45, 7) is 3.35. The number of nitrogens with two attached hydrogens (primary N) is 1. The summed E-state index contributed by atoms with van der Waals surface area (Å²) in [5.41, 5.74) is 7.37. The van der Waals surface area contributed by atoms with Gasteiger partial charge in [-0.25, -0.2) is 0 Å². The summed E-state index contributed by atoms with van der Waals surface area (Å²) in [6.07, 6.45) is 4.36. The van der Waals surface area contributed by atoms with Gasteiger partial charge in [-0.3, -0.25) is 0 Å². The molecule has 17 heavy (non-hydrogen) atoms. The summed E-state index contributed by atoms with van der Waals surface area (Å²) in [5.74, 6) is 0. The SMILES string of the molecule is Nc1cccc(C(O)CCN2CCCCC2)c1. The van der Waals surface area contributed by atoms with E-state index in [1.54, 1.807) is 0 Å². The standard InChI is InChI=1S/C14H22N2O/c15-13-6-4-5-12(11-13)14(17)7-10-16-8-2-1-3-9-16/h4-6,11,14,17H,1-3,7-10,15H2. The minimum Gasteiger partial charge on any atom is -0.399 e. The largest absolute Gasteiger partial charge is 0.399 e. The highest BCUT2D eigenvalue weighted by molar-refractivity contribution is 5.41. The molecule has 1 heterocycles. The van der Waals surface area contributed by atoms with Crippen molar-refractivity contribution in [3.63, 3.8) is 0 Å². The third-order valence-corrected chi connectivity index (χ3v) is 3.46. The van der Waals surface area contributed by atoms with Crippen LogP contribution in [0.3, 0.4) is 0 Å². The molecule has 94 valence electrons. The average molecular weight is 234 g/mol. The van der Waals surface area contributed by atoms with Gasteiger partial charge in [-0.1, -0.05) is 18.6 Å². The Hall–Kier alpha value is -1.06. The minimum absolute atomic E-state index is 0.388. The molecule has 0 amide bonds. The molecule has 0 spiro atoms. The molecule has 1 aliphatic rings. The molecule has 1 aromatic carbocycles. The number of nitrogens with zero attached hydrogens (tertiary/aromatic N) is 1. The molecule has 1 aromatic rings. The van der Waals surface area contributed by atoms with Crippen LogP contribution in [-0.2, 0) is 0 Å². The first-order valence-corrected chi connectivity index (χ1v) is 6.51. The van der Waals surface area contributed by atoms with Crippen LogP contribution in [0.5, 0.6) is 0 Å². The molecule has 2 rings (SSSR count). The van der Waals surface area contributed by atoms with Gasteiger partial charge in [0.1, 0.15) is 0 Å². The molecule has 0 radical (unpaired) electrons. The second-order valence-corrected chi connectivity index (χ2v) is 4.88. The van der Waals surface area contributed by atoms with Crippen LogP contribution < -0.4 is 5.73 Å². The summed E-state index contributed by atoms with van der Waals surface area (Å²) in [5, 5.41) is 10.1. The third-order valence-electron chi connectivity index (χ3n) is 3.46. The van der Waals surface area contributed by atoms with Crippen molar-refractivity contribution in [1.29, 1.82) is 0 Å². The lowest BCUT2D eigenvalue weighted by atomic mass is 10.0. The van der Waals surface area contributed by atoms with E-state index in [1.807, 2.05) is 24.3 Å². The quantitative estimate of drug-likeness (QED) is 0.785. The molecule has 0 aliphatic carbocycles. The van der Waals surface area contributed by atoms with Crippen LogP contribution in [0.2, 0.25) is 0 Å². The first kappa shape index (κ1) is 12.4. The summed E-state index contributed by atoms with van der Waals surface area (Å²) in [7, 11) is 0. The smallest absolute Gasteiger partial charge is 0.0803 e. The number of rotatable bonds is 4. The molecule has 0 bridgehead atoms. The first-order valence-electron chi connectivity index (χ1n) is 6.51. The van der Waals surface area contributed by atoms with Gasteiger partial charge >= 0.3 is 0 Å². The maximum Gasteiger partial charge on any atom is 0.0803 e. The van der Waals surface area contributed by atoms with Crippen LogP contribution in [0.15, 0.2) is 24.3 Å². The minimum atomic E-state index is -0.388. The Kier molecular flexibility index (Phi) is 4.40. The molecule has 0 saturated carbocycles. The zero-order chi connectivity index (χ0) is 12.1. The van der Waals surface area contributed by atoms with Crippen molar-refractivity contribution < 1.29 is 5.11 Å². The van der Waals surface area contributed by atoms with E-state index in [0.29, 0.717) is 0 Å². The Morgan fingerprint density at radius 1 is 1.24 bits per heavy atom. The fraction of sp³-hybridized carbons (Fsp3) is 0.571. The van der Waals surface area contributed by atoms with E-state index < -0.39 is 0 Å². The first-order chi connectivity index (χ1) is 8.25. The summed E-state index contributed by atoms with van der Waals surface area (Å²) in [6, 6.07) is 7.55. The Balaban J connectivity index is 1.82. The molecular formula is C14H22N2O. The number of likely N-dealkylation sites (tertiary alicyclic amines) is 1. The van der Waals surface area contributed by atoms with Crippen LogP contribution in [0.25, 0.3) is 0 Å². The average Bonchev–Trinajstić information content (AvgIpc) is 2.37. The fourth-order valence-electron chi connectivity index (χ4n) is 2.42. The normalized spacial score (nSPS) is 19.1. The fourth-order valence-corrected chi connectivity index (χ4v) is 2.42. The van der Waals surface area contributed by atoms with E-state index in [0.717, 1.165) is 24.2 Å². The van der Waals surface area contributed by atoms with Gasteiger partial charge in [0, 0.05) is 12.2 Å². The monoisotopic (exact) mass is 234 g/mol. The molecule has 0 aromatic heterocycles. The summed E-state index contributed by atoms with van der Waals surface area (Å²) >= 11 is 0. The second kappa shape index (κ2) is 6.03. The Morgan fingerprint density at radius 2 is 2.00 bits per heavy atom. The van der Waals surface area contributed by atoms with Gasteiger partial charge in [0.05, 0.1) is 6.10 Å². The third kappa shape index (κ3) is 3.72. The van der Waals surface area contributed by atoms with Crippen molar-refractivity contribution in [2.75, 3.05) is 25.4 Å². The van der Waals surface area contributed by atoms with E-state index in [4.69, 9.17) is 5.73 Å². The van der Waals surface area contributed by atoms with Crippen molar-refractivity contribution in [2.24, 2.45) is 0 Å². The van der Waals surface area contributed by atoms with Gasteiger partial charge in [-0.15, -0.1) is 0 Å². The molecule has 1 saturated heterocycles. The van der Waals surface area contributed by atoms with Crippen molar-refractivity contribution >= 4 is 5.69 Å². The lowest BCUT2D eigenvalue weighted by molar-refractivity contribution is 0.134. The number of aliphatic hydroxyl groups excluding tert-OH is 1. The second-order valence-electron chi connectivity index (χ2n) is 4.88. The van der Waals surface area contributed by atoms with Crippen LogP contribution in [0.1, 0.15) is 37.4 Å². The van der Waals surface area contributed by atoms with Gasteiger partial charge in [-0.05, 0) is 50.0 Å². The Morgan fingerprint density at radius 3 is 2.71 bits per heavy atom. The molecule has 3 heteroatoms. The predicted octanol–water partition coefficient (Wildman–Crippen LogP) is 2.18. The van der Waals surface area contributed by atoms with Gasteiger partial charge < -0.3 is 15.7 Å². The molecule has 3 N–H and O–H groups in total. The number of piperidine rings is 1. The number of hydrogen-bond donors (Lipinski definition) is 2. The van der Waals surface area contributed by atoms with Crippen LogP contribution in [-0.4, -0.2) is 29.6 Å². The highest BCUT2D eigenvalue weighted by Gasteiger charge is 2.13. The van der Waals surface area contributed by atoms with Crippen LogP contribution >= 0.6 is 0 Å². The van der Waals surface area contributed by atoms with Crippen molar-refractivity contribution in [3.8, 4) is 0 Å². The number of aliphatic hydroxyl groups is 1. The molecular weight excluding hydrogens is 212 g/mol. The molecule has 1 unspecified atom stereocenters. The lowest BCUT2D eigenvalue weighted by Crippen LogP contribution is -2.31. The van der Waals surface area contributed by atoms with Crippen molar-refractivity contribution in [1.82, 2.24) is 4.90 Å². The Labute approximate surface area is 103 Å². The van der Waals surface area contributed by atoms with Gasteiger partial charge in [0.25, 0.3) is 0 Å². The molecule has 1 aliphatic heterocycles. The van der Waals surface area contributed by atoms with E-state index in [9.17, 15) is 5.11 Å². The lowest BCUT2D eigenvalue weighted by Gasteiger charge is -2.27. The van der Waals surface area contributed by atoms with E-state index in [-0.39, 0.29) is 6.10 Å². The number of nitrogen functional groups attached to an aromatic ring is 1. The Bertz CT molecular complexity index is 348. The molecule has 3 nitrogen and oxygen atoms in total. The maximum absolute atomic E-state index is 10.1. The topological polar surface area (TPSA) is 49.5 Å². The van der Waals surface area contributed by atoms with E-state index in [1.165, 1.54) is 32.4 Å². The number of hydrogen-bond acceptors (Lipinski definition) is 3.